The molecular formula is C27H26FN3O4S2. The number of thioether (sulfide) groups is 1. The fraction of sp³-hybridized carbons (Fsp3) is 0.296. The van der Waals surface area contributed by atoms with Crippen LogP contribution in [0, 0.1) is 5.82 Å². The van der Waals surface area contributed by atoms with E-state index in [1.807, 2.05) is 31.2 Å². The van der Waals surface area contributed by atoms with E-state index in [2.05, 4.69) is 11.9 Å². The summed E-state index contributed by atoms with van der Waals surface area (Å²) in [5.74, 6) is -0.0954. The average Bonchev–Trinajstić information content (AvgIpc) is 3.25. The first kappa shape index (κ1) is 25.4. The van der Waals surface area contributed by atoms with Crippen LogP contribution in [0.2, 0.25) is 0 Å². The molecule has 5 rings (SSSR count). The maximum Gasteiger partial charge on any atom is 0.267 e. The van der Waals surface area contributed by atoms with Crippen molar-refractivity contribution >= 4 is 39.1 Å². The van der Waals surface area contributed by atoms with E-state index in [0.29, 0.717) is 33.4 Å². The van der Waals surface area contributed by atoms with Crippen molar-refractivity contribution in [3.63, 3.8) is 0 Å². The Hall–Kier alpha value is -3.21. The average molecular weight is 540 g/mol. The van der Waals surface area contributed by atoms with Crippen molar-refractivity contribution in [2.24, 2.45) is 0 Å². The number of nitrogens with zero attached hydrogens (tertiary/aromatic N) is 3. The Morgan fingerprint density at radius 1 is 1.22 bits per heavy atom. The molecule has 0 bridgehead atoms. The number of Topliss-reactive ketones (excluding diaryl/α,β-unsaturated/α-hetero) is 1. The highest BCUT2D eigenvalue weighted by Gasteiger charge is 2.25. The number of likely N-dealkylation sites (N-methyl/N-ethyl adjacent to an activating group) is 1. The van der Waals surface area contributed by atoms with Gasteiger partial charge in [-0.1, -0.05) is 11.8 Å². The summed E-state index contributed by atoms with van der Waals surface area (Å²) in [5, 5.41) is 1.06. The zero-order chi connectivity index (χ0) is 26.1. The van der Waals surface area contributed by atoms with Gasteiger partial charge >= 0.3 is 0 Å². The molecular weight excluding hydrogens is 513 g/mol. The van der Waals surface area contributed by atoms with Gasteiger partial charge in [0.15, 0.2) is 22.5 Å². The Labute approximate surface area is 221 Å². The molecule has 192 valence electrons. The minimum Gasteiger partial charge on any atom is -0.494 e. The maximum atomic E-state index is 14.2. The highest BCUT2D eigenvalue weighted by Crippen LogP contribution is 2.34. The molecule has 0 N–H and O–H groups in total. The van der Waals surface area contributed by atoms with E-state index < -0.39 is 5.82 Å². The minimum absolute atomic E-state index is 0.00538. The highest BCUT2D eigenvalue weighted by molar-refractivity contribution is 7.99. The van der Waals surface area contributed by atoms with Crippen molar-refractivity contribution in [3.8, 4) is 17.2 Å². The Kier molecular flexibility index (Phi) is 7.32. The zero-order valence-electron chi connectivity index (χ0n) is 20.7. The van der Waals surface area contributed by atoms with Crippen LogP contribution in [-0.2, 0) is 13.0 Å². The van der Waals surface area contributed by atoms with Gasteiger partial charge in [0.05, 0.1) is 30.5 Å². The van der Waals surface area contributed by atoms with Gasteiger partial charge in [-0.05, 0) is 68.4 Å². The summed E-state index contributed by atoms with van der Waals surface area (Å²) in [6, 6.07) is 11.4. The van der Waals surface area contributed by atoms with Gasteiger partial charge in [-0.3, -0.25) is 14.2 Å². The number of ketones is 1. The van der Waals surface area contributed by atoms with Crippen molar-refractivity contribution in [3.05, 3.63) is 74.6 Å². The SMILES string of the molecule is CCOc1ccc(-n2c(SCC(=O)c3ccc(OC)c(F)c3)nc3sc4c(c3c2=O)CCN(C)C4)cc1. The van der Waals surface area contributed by atoms with Gasteiger partial charge in [0.2, 0.25) is 0 Å². The molecule has 2 aromatic carbocycles. The second-order valence-electron chi connectivity index (χ2n) is 8.69. The lowest BCUT2D eigenvalue weighted by molar-refractivity contribution is 0.102. The van der Waals surface area contributed by atoms with E-state index in [1.54, 1.807) is 4.57 Å². The van der Waals surface area contributed by atoms with Gasteiger partial charge in [0.25, 0.3) is 5.56 Å². The molecule has 7 nitrogen and oxygen atoms in total. The number of hydrogen-bond donors (Lipinski definition) is 0. The number of ether oxygens (including phenoxy) is 2. The van der Waals surface area contributed by atoms with Crippen molar-refractivity contribution in [2.75, 3.05) is 33.1 Å². The van der Waals surface area contributed by atoms with Crippen molar-refractivity contribution < 1.29 is 18.7 Å². The summed E-state index contributed by atoms with van der Waals surface area (Å²) in [7, 11) is 3.44. The molecule has 0 aliphatic carbocycles. The summed E-state index contributed by atoms with van der Waals surface area (Å²) < 4.78 is 26.2. The number of methoxy groups -OCH3 is 1. The molecule has 1 aliphatic heterocycles. The van der Waals surface area contributed by atoms with E-state index in [4.69, 9.17) is 14.5 Å². The number of carbonyl (C=O) groups is 1. The largest absolute Gasteiger partial charge is 0.494 e. The summed E-state index contributed by atoms with van der Waals surface area (Å²) in [6.07, 6.45) is 0.792. The van der Waals surface area contributed by atoms with Gasteiger partial charge in [-0.25, -0.2) is 9.37 Å². The van der Waals surface area contributed by atoms with Gasteiger partial charge in [0.1, 0.15) is 10.6 Å². The molecule has 0 amide bonds. The molecule has 2 aromatic heterocycles. The normalized spacial score (nSPS) is 13.5. The van der Waals surface area contributed by atoms with Gasteiger partial charge in [-0.15, -0.1) is 11.3 Å². The Balaban J connectivity index is 1.55. The van der Waals surface area contributed by atoms with Crippen molar-refractivity contribution in [2.45, 2.75) is 25.0 Å². The molecule has 0 saturated carbocycles. The minimum atomic E-state index is -0.599. The first-order valence-corrected chi connectivity index (χ1v) is 13.7. The fourth-order valence-electron chi connectivity index (χ4n) is 4.39. The number of rotatable bonds is 8. The van der Waals surface area contributed by atoms with Gasteiger partial charge in [0, 0.05) is 23.5 Å². The van der Waals surface area contributed by atoms with Crippen LogP contribution in [0.4, 0.5) is 4.39 Å². The topological polar surface area (TPSA) is 73.7 Å². The third-order valence-electron chi connectivity index (χ3n) is 6.25. The summed E-state index contributed by atoms with van der Waals surface area (Å²) in [6.45, 7) is 4.11. The molecule has 10 heteroatoms. The molecule has 0 radical (unpaired) electrons. The van der Waals surface area contributed by atoms with Gasteiger partial charge in [-0.2, -0.15) is 0 Å². The molecule has 0 fully saturated rings. The summed E-state index contributed by atoms with van der Waals surface area (Å²) in [4.78, 5) is 35.8. The third-order valence-corrected chi connectivity index (χ3v) is 8.30. The number of aromatic nitrogens is 2. The van der Waals surface area contributed by atoms with Crippen molar-refractivity contribution in [1.82, 2.24) is 14.5 Å². The monoisotopic (exact) mass is 539 g/mol. The number of benzene rings is 2. The quantitative estimate of drug-likeness (QED) is 0.178. The second-order valence-corrected chi connectivity index (χ2v) is 10.7. The molecule has 1 aliphatic rings. The molecule has 4 aromatic rings. The predicted octanol–water partition coefficient (Wildman–Crippen LogP) is 4.96. The standard InChI is InChI=1S/C27H26FN3O4S2/c1-4-35-18-8-6-17(7-9-18)31-26(33)24-19-11-12-30(2)14-23(19)37-25(24)29-27(31)36-15-21(32)16-5-10-22(34-3)20(28)13-16/h5-10,13H,4,11-12,14-15H2,1-3H3. The number of thiophene rings is 1. The number of halogens is 1. The van der Waals surface area contributed by atoms with E-state index in [-0.39, 0.29) is 28.4 Å². The Morgan fingerprint density at radius 2 is 2.00 bits per heavy atom. The Morgan fingerprint density at radius 3 is 2.70 bits per heavy atom. The lowest BCUT2D eigenvalue weighted by atomic mass is 10.1. The van der Waals surface area contributed by atoms with E-state index in [9.17, 15) is 14.0 Å². The molecule has 0 saturated heterocycles. The number of carbonyl (C=O) groups excluding carboxylic acids is 1. The highest BCUT2D eigenvalue weighted by atomic mass is 32.2. The van der Waals surface area contributed by atoms with Crippen LogP contribution in [0.1, 0.15) is 27.7 Å². The van der Waals surface area contributed by atoms with E-state index >= 15 is 0 Å². The summed E-state index contributed by atoms with van der Waals surface area (Å²) >= 11 is 2.70. The number of hydrogen-bond acceptors (Lipinski definition) is 8. The first-order chi connectivity index (χ1) is 17.9. The van der Waals surface area contributed by atoms with Gasteiger partial charge < -0.3 is 14.4 Å². The Bertz CT molecular complexity index is 1530. The van der Waals surface area contributed by atoms with Crippen LogP contribution in [0.3, 0.4) is 0 Å². The van der Waals surface area contributed by atoms with Crippen LogP contribution in [0.25, 0.3) is 15.9 Å². The van der Waals surface area contributed by atoms with E-state index in [1.165, 1.54) is 36.6 Å². The van der Waals surface area contributed by atoms with Crippen LogP contribution >= 0.6 is 23.1 Å². The van der Waals surface area contributed by atoms with Crippen molar-refractivity contribution in [1.29, 1.82) is 0 Å². The van der Waals surface area contributed by atoms with Crippen LogP contribution in [-0.4, -0.2) is 53.3 Å². The van der Waals surface area contributed by atoms with Crippen LogP contribution in [0.15, 0.2) is 52.4 Å². The lowest BCUT2D eigenvalue weighted by Crippen LogP contribution is -2.27. The molecule has 0 atom stereocenters. The van der Waals surface area contributed by atoms with E-state index in [0.717, 1.165) is 41.7 Å². The molecule has 0 unspecified atom stereocenters. The molecule has 3 heterocycles. The summed E-state index contributed by atoms with van der Waals surface area (Å²) in [5.41, 5.74) is 1.79. The van der Waals surface area contributed by atoms with Crippen LogP contribution < -0.4 is 15.0 Å². The zero-order valence-corrected chi connectivity index (χ0v) is 22.4. The predicted molar refractivity (Wildman–Crippen MR) is 144 cm³/mol. The molecule has 37 heavy (non-hydrogen) atoms. The number of fused-ring (bicyclic) bond motifs is 3. The second kappa shape index (κ2) is 10.6. The maximum absolute atomic E-state index is 14.2. The first-order valence-electron chi connectivity index (χ1n) is 11.9. The smallest absolute Gasteiger partial charge is 0.267 e. The van der Waals surface area contributed by atoms with Crippen LogP contribution in [0.5, 0.6) is 11.5 Å². The molecule has 0 spiro atoms. The third kappa shape index (κ3) is 5.01. The fourth-order valence-corrected chi connectivity index (χ4v) is 6.64. The lowest BCUT2D eigenvalue weighted by Gasteiger charge is -2.21.